The van der Waals surface area contributed by atoms with E-state index in [4.69, 9.17) is 16.3 Å². The van der Waals surface area contributed by atoms with E-state index in [0.29, 0.717) is 35.6 Å². The van der Waals surface area contributed by atoms with Crippen LogP contribution in [0.5, 0.6) is 0 Å². The van der Waals surface area contributed by atoms with E-state index < -0.39 is 58.3 Å². The van der Waals surface area contributed by atoms with E-state index in [1.807, 2.05) is 0 Å². The molecule has 0 radical (unpaired) electrons. The summed E-state index contributed by atoms with van der Waals surface area (Å²) in [5, 5.41) is 3.06. The average Bonchev–Trinajstić information content (AvgIpc) is 2.95. The van der Waals surface area contributed by atoms with Crippen molar-refractivity contribution in [2.24, 2.45) is 5.41 Å². The molecule has 0 bridgehead atoms. The molecule has 43 heavy (non-hydrogen) atoms. The van der Waals surface area contributed by atoms with Crippen LogP contribution in [0.1, 0.15) is 60.7 Å². The van der Waals surface area contributed by atoms with Crippen LogP contribution in [0.3, 0.4) is 0 Å². The van der Waals surface area contributed by atoms with Gasteiger partial charge in [-0.2, -0.15) is 26.3 Å². The Morgan fingerprint density at radius 3 is 1.93 bits per heavy atom. The highest BCUT2D eigenvalue weighted by molar-refractivity contribution is 6.30. The quantitative estimate of drug-likeness (QED) is 0.154. The van der Waals surface area contributed by atoms with Crippen molar-refractivity contribution in [1.29, 1.82) is 0 Å². The van der Waals surface area contributed by atoms with Crippen LogP contribution in [0, 0.1) is 5.41 Å². The minimum atomic E-state index is -5.13. The van der Waals surface area contributed by atoms with Crippen molar-refractivity contribution in [3.8, 4) is 0 Å². The number of likely N-dealkylation sites (N-methyl/N-ethyl adjacent to an activating group) is 1. The van der Waals surface area contributed by atoms with Crippen LogP contribution in [0.4, 0.5) is 26.3 Å². The lowest BCUT2D eigenvalue weighted by Gasteiger charge is -2.29. The van der Waals surface area contributed by atoms with E-state index in [1.165, 1.54) is 13.1 Å². The zero-order chi connectivity index (χ0) is 32.6. The summed E-state index contributed by atoms with van der Waals surface area (Å²) >= 11 is 5.94. The molecule has 0 spiro atoms. The molecule has 2 rings (SSSR count). The number of hydrogen-bond acceptors (Lipinski definition) is 4. The Bertz CT molecular complexity index is 1270. The maximum absolute atomic E-state index is 13.4. The van der Waals surface area contributed by atoms with Crippen molar-refractivity contribution in [2.45, 2.75) is 58.4 Å². The molecule has 13 heteroatoms. The third-order valence-electron chi connectivity index (χ3n) is 7.14. The first kappa shape index (κ1) is 35.7. The zero-order valence-electron chi connectivity index (χ0n) is 24.0. The molecular formula is C30H33ClF6N2O4. The van der Waals surface area contributed by atoms with E-state index in [1.54, 1.807) is 45.0 Å². The van der Waals surface area contributed by atoms with Crippen LogP contribution in [-0.2, 0) is 33.1 Å². The topological polar surface area (TPSA) is 75.7 Å². The highest BCUT2D eigenvalue weighted by atomic mass is 35.5. The number of hydrogen-bond donors (Lipinski definition) is 1. The minimum absolute atomic E-state index is 0.0386. The average molecular weight is 635 g/mol. The highest BCUT2D eigenvalue weighted by Crippen LogP contribution is 2.36. The SMILES string of the molecule is CCOC(=O)C(CC)(CC)CNC(=O)C=CC(Cc1ccc(Cl)cc1)N(C)C(=O)c1cc(C(F)(F)F)cc(C(F)(F)F)c1. The molecule has 0 fully saturated rings. The van der Waals surface area contributed by atoms with Crippen molar-refractivity contribution < 1.29 is 45.5 Å². The summed E-state index contributed by atoms with van der Waals surface area (Å²) in [5.74, 6) is -2.22. The van der Waals surface area contributed by atoms with Crippen LogP contribution >= 0.6 is 11.6 Å². The molecule has 0 aliphatic carbocycles. The molecule has 1 unspecified atom stereocenters. The predicted molar refractivity (Wildman–Crippen MR) is 149 cm³/mol. The summed E-state index contributed by atoms with van der Waals surface area (Å²) in [6.07, 6.45) is -7.04. The Balaban J connectivity index is 2.41. The minimum Gasteiger partial charge on any atom is -0.466 e. The maximum Gasteiger partial charge on any atom is 0.416 e. The fraction of sp³-hybridized carbons (Fsp3) is 0.433. The summed E-state index contributed by atoms with van der Waals surface area (Å²) in [4.78, 5) is 39.5. The van der Waals surface area contributed by atoms with E-state index in [2.05, 4.69) is 5.32 Å². The molecule has 0 aliphatic rings. The second-order valence-electron chi connectivity index (χ2n) is 9.89. The van der Waals surface area contributed by atoms with E-state index in [0.717, 1.165) is 11.0 Å². The van der Waals surface area contributed by atoms with Gasteiger partial charge in [0.15, 0.2) is 0 Å². The van der Waals surface area contributed by atoms with E-state index >= 15 is 0 Å². The van der Waals surface area contributed by atoms with Crippen LogP contribution < -0.4 is 5.32 Å². The number of nitrogens with one attached hydrogen (secondary N) is 1. The van der Waals surface area contributed by atoms with Gasteiger partial charge in [-0.1, -0.05) is 43.7 Å². The lowest BCUT2D eigenvalue weighted by atomic mass is 9.82. The summed E-state index contributed by atoms with van der Waals surface area (Å²) < 4.78 is 85.6. The zero-order valence-corrected chi connectivity index (χ0v) is 24.8. The van der Waals surface area contributed by atoms with Gasteiger partial charge in [-0.25, -0.2) is 0 Å². The van der Waals surface area contributed by atoms with Crippen LogP contribution in [0.2, 0.25) is 5.02 Å². The molecule has 2 aromatic carbocycles. The van der Waals surface area contributed by atoms with Crippen molar-refractivity contribution >= 4 is 29.4 Å². The van der Waals surface area contributed by atoms with E-state index in [-0.39, 0.29) is 25.6 Å². The number of carbonyl (C=O) groups is 3. The number of rotatable bonds is 12. The maximum atomic E-state index is 13.4. The fourth-order valence-corrected chi connectivity index (χ4v) is 4.41. The number of esters is 1. The number of halogens is 7. The number of alkyl halides is 6. The monoisotopic (exact) mass is 634 g/mol. The van der Waals surface area contributed by atoms with Crippen molar-refractivity contribution in [3.63, 3.8) is 0 Å². The molecule has 236 valence electrons. The Morgan fingerprint density at radius 1 is 0.930 bits per heavy atom. The second kappa shape index (κ2) is 14.8. The van der Waals surface area contributed by atoms with Gasteiger partial charge in [0.1, 0.15) is 0 Å². The molecule has 2 amide bonds. The molecule has 1 atom stereocenters. The lowest BCUT2D eigenvalue weighted by molar-refractivity contribution is -0.156. The molecule has 6 nitrogen and oxygen atoms in total. The predicted octanol–water partition coefficient (Wildman–Crippen LogP) is 7.10. The molecule has 0 aromatic heterocycles. The van der Waals surface area contributed by atoms with Crippen molar-refractivity contribution in [1.82, 2.24) is 10.2 Å². The Labute approximate surface area is 251 Å². The highest BCUT2D eigenvalue weighted by Gasteiger charge is 2.38. The van der Waals surface area contributed by atoms with Gasteiger partial charge in [-0.3, -0.25) is 14.4 Å². The largest absolute Gasteiger partial charge is 0.466 e. The number of amides is 2. The summed E-state index contributed by atoms with van der Waals surface area (Å²) in [7, 11) is 1.21. The smallest absolute Gasteiger partial charge is 0.416 e. The van der Waals surface area contributed by atoms with Gasteiger partial charge in [0.25, 0.3) is 5.91 Å². The number of nitrogens with zero attached hydrogens (tertiary/aromatic N) is 1. The first-order chi connectivity index (χ1) is 20.0. The third kappa shape index (κ3) is 9.74. The summed E-state index contributed by atoms with van der Waals surface area (Å²) in [6.45, 7) is 5.35. The molecule has 0 aliphatic heterocycles. The van der Waals surface area contributed by atoms with E-state index in [9.17, 15) is 40.7 Å². The van der Waals surface area contributed by atoms with Gasteiger partial charge in [0.05, 0.1) is 29.2 Å². The Hall–Kier alpha value is -3.54. The molecule has 0 saturated heterocycles. The standard InChI is InChI=1S/C30H33ClF6N2O4/c1-5-28(6-2,27(42)43-7-3)18-38-25(40)13-12-24(14-19-8-10-23(31)11-9-19)39(4)26(41)20-15-21(29(32,33)34)17-22(16-20)30(35,36)37/h8-13,15-17,24H,5-7,14,18H2,1-4H3,(H,38,40). The first-order valence-corrected chi connectivity index (χ1v) is 13.8. The number of ether oxygens (including phenoxy) is 1. The van der Waals surface area contributed by atoms with Crippen molar-refractivity contribution in [3.05, 3.63) is 81.9 Å². The van der Waals surface area contributed by atoms with Crippen LogP contribution in [0.15, 0.2) is 54.6 Å². The van der Waals surface area contributed by atoms with Gasteiger partial charge in [-0.05, 0) is 62.1 Å². The molecule has 0 saturated carbocycles. The van der Waals surface area contributed by atoms with Crippen LogP contribution in [-0.4, -0.2) is 48.9 Å². The number of carbonyl (C=O) groups excluding carboxylic acids is 3. The van der Waals surface area contributed by atoms with Gasteiger partial charge in [0.2, 0.25) is 5.91 Å². The second-order valence-corrected chi connectivity index (χ2v) is 10.3. The molecule has 1 N–H and O–H groups in total. The van der Waals surface area contributed by atoms with Gasteiger partial charge in [-0.15, -0.1) is 0 Å². The fourth-order valence-electron chi connectivity index (χ4n) is 4.29. The van der Waals surface area contributed by atoms with Gasteiger partial charge < -0.3 is 15.0 Å². The molecule has 2 aromatic rings. The lowest BCUT2D eigenvalue weighted by Crippen LogP contribution is -2.43. The number of benzene rings is 2. The summed E-state index contributed by atoms with van der Waals surface area (Å²) in [5.41, 5.74) is -4.42. The van der Waals surface area contributed by atoms with Gasteiger partial charge in [0, 0.05) is 30.3 Å². The first-order valence-electron chi connectivity index (χ1n) is 13.4. The van der Waals surface area contributed by atoms with Crippen molar-refractivity contribution in [2.75, 3.05) is 20.2 Å². The van der Waals surface area contributed by atoms with Crippen LogP contribution in [0.25, 0.3) is 0 Å². The molecular weight excluding hydrogens is 602 g/mol. The molecule has 0 heterocycles. The van der Waals surface area contributed by atoms with Gasteiger partial charge >= 0.3 is 18.3 Å². The Morgan fingerprint density at radius 2 is 1.47 bits per heavy atom. The summed E-state index contributed by atoms with van der Waals surface area (Å²) in [6, 6.07) is 6.07. The normalized spacial score (nSPS) is 13.1. The Kier molecular flexibility index (Phi) is 12.2. The third-order valence-corrected chi connectivity index (χ3v) is 7.40.